The SMILES string of the molecule is C=Cc1cc[c]c2ccccc12. The van der Waals surface area contributed by atoms with Crippen molar-refractivity contribution in [1.82, 2.24) is 0 Å². The van der Waals surface area contributed by atoms with Crippen LogP contribution in [0.3, 0.4) is 0 Å². The molecule has 12 heavy (non-hydrogen) atoms. The van der Waals surface area contributed by atoms with E-state index in [2.05, 4.69) is 24.8 Å². The Hall–Kier alpha value is -1.56. The fraction of sp³-hybridized carbons (Fsp3) is 0. The molecule has 0 spiro atoms. The predicted octanol–water partition coefficient (Wildman–Crippen LogP) is 3.28. The molecule has 0 bridgehead atoms. The van der Waals surface area contributed by atoms with Crippen molar-refractivity contribution in [2.24, 2.45) is 0 Å². The Kier molecular flexibility index (Phi) is 1.67. The number of fused-ring (bicyclic) bond motifs is 1. The van der Waals surface area contributed by atoms with Crippen LogP contribution in [0, 0.1) is 6.07 Å². The molecule has 1 radical (unpaired) electrons. The molecular formula is C12H9. The number of hydrogen-bond donors (Lipinski definition) is 0. The lowest BCUT2D eigenvalue weighted by atomic mass is 10.1. The van der Waals surface area contributed by atoms with Gasteiger partial charge in [0.2, 0.25) is 0 Å². The predicted molar refractivity (Wildman–Crippen MR) is 52.9 cm³/mol. The molecule has 0 atom stereocenters. The summed E-state index contributed by atoms with van der Waals surface area (Å²) in [5, 5.41) is 2.37. The zero-order valence-corrected chi connectivity index (χ0v) is 6.75. The molecule has 2 rings (SSSR count). The average Bonchev–Trinajstić information content (AvgIpc) is 2.17. The van der Waals surface area contributed by atoms with E-state index in [1.165, 1.54) is 10.9 Å². The second-order valence-corrected chi connectivity index (χ2v) is 2.68. The highest BCUT2D eigenvalue weighted by Gasteiger charge is 1.94. The van der Waals surface area contributed by atoms with Gasteiger partial charge in [0.25, 0.3) is 0 Å². The zero-order chi connectivity index (χ0) is 8.39. The summed E-state index contributed by atoms with van der Waals surface area (Å²) >= 11 is 0. The molecule has 0 N–H and O–H groups in total. The van der Waals surface area contributed by atoms with Crippen LogP contribution in [-0.4, -0.2) is 0 Å². The third kappa shape index (κ3) is 1.02. The number of benzene rings is 2. The van der Waals surface area contributed by atoms with Crippen molar-refractivity contribution < 1.29 is 0 Å². The van der Waals surface area contributed by atoms with E-state index >= 15 is 0 Å². The maximum atomic E-state index is 3.77. The summed E-state index contributed by atoms with van der Waals surface area (Å²) in [6.07, 6.45) is 1.87. The molecule has 0 saturated heterocycles. The van der Waals surface area contributed by atoms with Crippen molar-refractivity contribution in [2.45, 2.75) is 0 Å². The highest BCUT2D eigenvalue weighted by Crippen LogP contribution is 2.18. The summed E-state index contributed by atoms with van der Waals surface area (Å²) < 4.78 is 0. The van der Waals surface area contributed by atoms with E-state index in [0.29, 0.717) is 0 Å². The first-order valence-electron chi connectivity index (χ1n) is 3.93. The van der Waals surface area contributed by atoms with E-state index in [9.17, 15) is 0 Å². The van der Waals surface area contributed by atoms with E-state index in [0.717, 1.165) is 5.39 Å². The second-order valence-electron chi connectivity index (χ2n) is 2.68. The Morgan fingerprint density at radius 2 is 2.00 bits per heavy atom. The molecule has 0 unspecified atom stereocenters. The standard InChI is InChI=1S/C12H9/c1-2-10-7-5-8-11-6-3-4-9-12(10)11/h2-7,9H,1H2. The first-order chi connectivity index (χ1) is 5.92. The number of rotatable bonds is 1. The van der Waals surface area contributed by atoms with Gasteiger partial charge in [-0.05, 0) is 22.4 Å². The highest BCUT2D eigenvalue weighted by molar-refractivity contribution is 5.89. The Balaban J connectivity index is 2.88. The van der Waals surface area contributed by atoms with Crippen LogP contribution in [0.1, 0.15) is 5.56 Å². The van der Waals surface area contributed by atoms with Crippen LogP contribution in [0.4, 0.5) is 0 Å². The van der Waals surface area contributed by atoms with Gasteiger partial charge in [-0.1, -0.05) is 49.1 Å². The number of hydrogen-bond acceptors (Lipinski definition) is 0. The van der Waals surface area contributed by atoms with Crippen molar-refractivity contribution in [1.29, 1.82) is 0 Å². The molecule has 0 saturated carbocycles. The highest BCUT2D eigenvalue weighted by atomic mass is 14.0. The van der Waals surface area contributed by atoms with Crippen LogP contribution in [0.25, 0.3) is 16.8 Å². The molecule has 0 aliphatic rings. The first-order valence-corrected chi connectivity index (χ1v) is 3.93. The summed E-state index contributed by atoms with van der Waals surface area (Å²) in [6, 6.07) is 15.3. The van der Waals surface area contributed by atoms with Crippen molar-refractivity contribution in [3.63, 3.8) is 0 Å². The molecule has 2 aromatic rings. The van der Waals surface area contributed by atoms with Gasteiger partial charge in [-0.2, -0.15) is 0 Å². The summed E-state index contributed by atoms with van der Waals surface area (Å²) in [7, 11) is 0. The molecule has 0 aliphatic carbocycles. The quantitative estimate of drug-likeness (QED) is 0.589. The van der Waals surface area contributed by atoms with E-state index in [1.54, 1.807) is 0 Å². The van der Waals surface area contributed by atoms with Gasteiger partial charge in [0.05, 0.1) is 0 Å². The lowest BCUT2D eigenvalue weighted by Crippen LogP contribution is -1.76. The second kappa shape index (κ2) is 2.82. The molecule has 0 heteroatoms. The minimum Gasteiger partial charge on any atom is -0.0984 e. The van der Waals surface area contributed by atoms with E-state index < -0.39 is 0 Å². The maximum Gasteiger partial charge on any atom is -0.00987 e. The molecule has 0 heterocycles. The molecule has 57 valence electrons. The van der Waals surface area contributed by atoms with Crippen LogP contribution >= 0.6 is 0 Å². The van der Waals surface area contributed by atoms with Crippen molar-refractivity contribution in [3.8, 4) is 0 Å². The van der Waals surface area contributed by atoms with Crippen LogP contribution < -0.4 is 0 Å². The summed E-state index contributed by atoms with van der Waals surface area (Å²) in [6.45, 7) is 3.77. The van der Waals surface area contributed by atoms with Crippen LogP contribution in [0.5, 0.6) is 0 Å². The average molecular weight is 153 g/mol. The summed E-state index contributed by atoms with van der Waals surface area (Å²) in [4.78, 5) is 0. The van der Waals surface area contributed by atoms with Crippen LogP contribution in [-0.2, 0) is 0 Å². The lowest BCUT2D eigenvalue weighted by molar-refractivity contribution is 1.71. The Bertz CT molecular complexity index is 408. The summed E-state index contributed by atoms with van der Waals surface area (Å²) in [5.41, 5.74) is 1.17. The third-order valence-corrected chi connectivity index (χ3v) is 1.96. The van der Waals surface area contributed by atoms with Gasteiger partial charge in [0.15, 0.2) is 0 Å². The first kappa shape index (κ1) is 7.11. The van der Waals surface area contributed by atoms with Crippen LogP contribution in [0.15, 0.2) is 43.0 Å². The molecular weight excluding hydrogens is 144 g/mol. The lowest BCUT2D eigenvalue weighted by Gasteiger charge is -1.99. The van der Waals surface area contributed by atoms with E-state index in [1.807, 2.05) is 30.3 Å². The van der Waals surface area contributed by atoms with Crippen molar-refractivity contribution in [3.05, 3.63) is 54.6 Å². The van der Waals surface area contributed by atoms with Crippen molar-refractivity contribution >= 4 is 16.8 Å². The minimum atomic E-state index is 1.15. The topological polar surface area (TPSA) is 0 Å². The van der Waals surface area contributed by atoms with Gasteiger partial charge in [-0.15, -0.1) is 0 Å². The fourth-order valence-electron chi connectivity index (χ4n) is 1.35. The fourth-order valence-corrected chi connectivity index (χ4v) is 1.35. The van der Waals surface area contributed by atoms with Gasteiger partial charge in [-0.25, -0.2) is 0 Å². The van der Waals surface area contributed by atoms with Gasteiger partial charge < -0.3 is 0 Å². The molecule has 2 aromatic carbocycles. The molecule has 0 nitrogen and oxygen atoms in total. The third-order valence-electron chi connectivity index (χ3n) is 1.96. The van der Waals surface area contributed by atoms with E-state index in [-0.39, 0.29) is 0 Å². The Labute approximate surface area is 72.2 Å². The van der Waals surface area contributed by atoms with E-state index in [4.69, 9.17) is 0 Å². The smallest absolute Gasteiger partial charge is 0.00987 e. The Morgan fingerprint density at radius 1 is 1.17 bits per heavy atom. The summed E-state index contributed by atoms with van der Waals surface area (Å²) in [5.74, 6) is 0. The molecule has 0 aliphatic heterocycles. The monoisotopic (exact) mass is 153 g/mol. The minimum absolute atomic E-state index is 1.15. The molecule has 0 aromatic heterocycles. The van der Waals surface area contributed by atoms with Crippen LogP contribution in [0.2, 0.25) is 0 Å². The van der Waals surface area contributed by atoms with Gasteiger partial charge in [-0.3, -0.25) is 0 Å². The Morgan fingerprint density at radius 3 is 2.83 bits per heavy atom. The molecule has 0 fully saturated rings. The van der Waals surface area contributed by atoms with Gasteiger partial charge in [0.1, 0.15) is 0 Å². The largest absolute Gasteiger partial charge is 0.0984 e. The van der Waals surface area contributed by atoms with Gasteiger partial charge in [0, 0.05) is 0 Å². The van der Waals surface area contributed by atoms with Crippen molar-refractivity contribution in [2.75, 3.05) is 0 Å². The van der Waals surface area contributed by atoms with Gasteiger partial charge >= 0.3 is 0 Å². The zero-order valence-electron chi connectivity index (χ0n) is 6.75. The maximum absolute atomic E-state index is 3.77. The molecule has 0 amide bonds. The normalized spacial score (nSPS) is 10.0.